The lowest BCUT2D eigenvalue weighted by molar-refractivity contribution is -0.122. The molecule has 0 radical (unpaired) electrons. The summed E-state index contributed by atoms with van der Waals surface area (Å²) in [6, 6.07) is 3.55. The SMILES string of the molecule is C[C@@H]1C(=O)NN=C2COc3cc(Br)c(NC4CN(C(=O)OC(C)(C)C)C4)cc3N21. The van der Waals surface area contributed by atoms with Crippen molar-refractivity contribution in [3.8, 4) is 5.75 Å². The molecule has 0 aromatic heterocycles. The minimum Gasteiger partial charge on any atom is -0.483 e. The number of halogens is 1. The second-order valence-corrected chi connectivity index (χ2v) is 9.22. The number of likely N-dealkylation sites (tertiary alicyclic amines) is 1. The van der Waals surface area contributed by atoms with Gasteiger partial charge in [0.2, 0.25) is 0 Å². The Morgan fingerprint density at radius 1 is 1.38 bits per heavy atom. The first kappa shape index (κ1) is 19.8. The number of hydrogen-bond acceptors (Lipinski definition) is 7. The van der Waals surface area contributed by atoms with Gasteiger partial charge >= 0.3 is 6.09 Å². The minimum atomic E-state index is -0.506. The van der Waals surface area contributed by atoms with Crippen LogP contribution >= 0.6 is 15.9 Å². The summed E-state index contributed by atoms with van der Waals surface area (Å²) in [6.45, 7) is 8.81. The van der Waals surface area contributed by atoms with E-state index in [-0.39, 0.29) is 24.1 Å². The van der Waals surface area contributed by atoms with Crippen LogP contribution in [0.5, 0.6) is 5.75 Å². The number of anilines is 2. The third-order valence-electron chi connectivity index (χ3n) is 4.90. The van der Waals surface area contributed by atoms with E-state index >= 15 is 0 Å². The molecule has 2 amide bonds. The van der Waals surface area contributed by atoms with Gasteiger partial charge in [0.1, 0.15) is 24.0 Å². The van der Waals surface area contributed by atoms with E-state index in [1.807, 2.05) is 44.7 Å². The lowest BCUT2D eigenvalue weighted by atomic mass is 10.1. The Labute approximate surface area is 177 Å². The average Bonchev–Trinajstić information content (AvgIpc) is 2.59. The maximum absolute atomic E-state index is 12.1. The Balaban J connectivity index is 1.48. The zero-order valence-electron chi connectivity index (χ0n) is 16.8. The first-order valence-corrected chi connectivity index (χ1v) is 10.3. The number of nitrogens with zero attached hydrogens (tertiary/aromatic N) is 3. The molecule has 2 N–H and O–H groups in total. The van der Waals surface area contributed by atoms with E-state index < -0.39 is 5.60 Å². The van der Waals surface area contributed by atoms with Crippen molar-refractivity contribution in [2.45, 2.75) is 45.4 Å². The predicted octanol–water partition coefficient (Wildman–Crippen LogP) is 2.51. The summed E-state index contributed by atoms with van der Waals surface area (Å²) in [5.41, 5.74) is 3.66. The van der Waals surface area contributed by atoms with E-state index in [1.54, 1.807) is 4.90 Å². The Hall–Kier alpha value is -2.49. The van der Waals surface area contributed by atoms with E-state index in [4.69, 9.17) is 9.47 Å². The van der Waals surface area contributed by atoms with E-state index in [0.717, 1.165) is 15.8 Å². The first-order valence-electron chi connectivity index (χ1n) is 9.49. The number of rotatable bonds is 2. The van der Waals surface area contributed by atoms with Gasteiger partial charge in [-0.25, -0.2) is 10.2 Å². The highest BCUT2D eigenvalue weighted by Gasteiger charge is 2.37. The second-order valence-electron chi connectivity index (χ2n) is 8.37. The van der Waals surface area contributed by atoms with Gasteiger partial charge in [-0.05, 0) is 55.8 Å². The number of amidine groups is 1. The Morgan fingerprint density at radius 3 is 2.79 bits per heavy atom. The minimum absolute atomic E-state index is 0.108. The molecule has 1 aromatic carbocycles. The largest absolute Gasteiger partial charge is 0.483 e. The lowest BCUT2D eigenvalue weighted by Crippen LogP contribution is -2.58. The number of carbonyl (C=O) groups is 2. The normalized spacial score (nSPS) is 21.2. The zero-order valence-corrected chi connectivity index (χ0v) is 18.4. The standard InChI is InChI=1S/C19H24BrN5O4/c1-10-17(26)23-22-16-9-28-15-5-12(20)13(6-14(15)25(10)16)21-11-7-24(8-11)18(27)29-19(2,3)4/h5-6,10-11,21H,7-9H2,1-4H3,(H,23,26)/t10-/m1/s1. The van der Waals surface area contributed by atoms with Crippen LogP contribution in [0.15, 0.2) is 21.7 Å². The van der Waals surface area contributed by atoms with Crippen molar-refractivity contribution >= 4 is 45.1 Å². The lowest BCUT2D eigenvalue weighted by Gasteiger charge is -2.41. The van der Waals surface area contributed by atoms with Crippen molar-refractivity contribution < 1.29 is 19.1 Å². The molecule has 1 atom stereocenters. The van der Waals surface area contributed by atoms with Crippen LogP contribution in [0, 0.1) is 0 Å². The van der Waals surface area contributed by atoms with E-state index in [1.165, 1.54) is 0 Å². The molecule has 1 saturated heterocycles. The zero-order chi connectivity index (χ0) is 20.9. The molecule has 10 heteroatoms. The summed E-state index contributed by atoms with van der Waals surface area (Å²) in [5.74, 6) is 1.19. The molecule has 0 spiro atoms. The van der Waals surface area contributed by atoms with Gasteiger partial charge in [0.15, 0.2) is 5.84 Å². The molecule has 3 heterocycles. The molecule has 0 saturated carbocycles. The monoisotopic (exact) mass is 465 g/mol. The highest BCUT2D eigenvalue weighted by molar-refractivity contribution is 9.10. The van der Waals surface area contributed by atoms with Crippen LogP contribution in [0.1, 0.15) is 27.7 Å². The molecule has 9 nitrogen and oxygen atoms in total. The van der Waals surface area contributed by atoms with Crippen molar-refractivity contribution in [1.29, 1.82) is 0 Å². The van der Waals surface area contributed by atoms with Crippen LogP contribution in [0.2, 0.25) is 0 Å². The fourth-order valence-corrected chi connectivity index (χ4v) is 3.86. The number of ether oxygens (including phenoxy) is 2. The van der Waals surface area contributed by atoms with Gasteiger partial charge in [0.25, 0.3) is 5.91 Å². The van der Waals surface area contributed by atoms with E-state index in [9.17, 15) is 9.59 Å². The molecule has 0 unspecified atom stereocenters. The molecule has 3 aliphatic heterocycles. The van der Waals surface area contributed by atoms with Crippen LogP contribution in [-0.4, -0.2) is 60.1 Å². The van der Waals surface area contributed by atoms with Crippen molar-refractivity contribution in [2.75, 3.05) is 29.9 Å². The fraction of sp³-hybridized carbons (Fsp3) is 0.526. The van der Waals surface area contributed by atoms with Gasteiger partial charge < -0.3 is 24.6 Å². The number of amides is 2. The Morgan fingerprint density at radius 2 is 2.10 bits per heavy atom. The molecule has 29 heavy (non-hydrogen) atoms. The van der Waals surface area contributed by atoms with Gasteiger partial charge in [0.05, 0.1) is 17.4 Å². The molecule has 1 aromatic rings. The van der Waals surface area contributed by atoms with Crippen molar-refractivity contribution in [3.63, 3.8) is 0 Å². The summed E-state index contributed by atoms with van der Waals surface area (Å²) in [4.78, 5) is 27.7. The highest BCUT2D eigenvalue weighted by atomic mass is 79.9. The third kappa shape index (κ3) is 3.85. The average molecular weight is 466 g/mol. The van der Waals surface area contributed by atoms with Crippen LogP contribution in [0.25, 0.3) is 0 Å². The molecular formula is C19H24BrN5O4. The first-order chi connectivity index (χ1) is 13.6. The number of fused-ring (bicyclic) bond motifs is 3. The molecule has 156 valence electrons. The number of benzene rings is 1. The number of nitrogens with one attached hydrogen (secondary N) is 2. The summed E-state index contributed by atoms with van der Waals surface area (Å²) in [7, 11) is 0. The number of hydrogen-bond donors (Lipinski definition) is 2. The van der Waals surface area contributed by atoms with Crippen LogP contribution in [0.4, 0.5) is 16.2 Å². The maximum Gasteiger partial charge on any atom is 0.410 e. The predicted molar refractivity (Wildman–Crippen MR) is 112 cm³/mol. The van der Waals surface area contributed by atoms with Gasteiger partial charge in [-0.15, -0.1) is 0 Å². The summed E-state index contributed by atoms with van der Waals surface area (Å²) in [6.07, 6.45) is -0.303. The summed E-state index contributed by atoms with van der Waals surface area (Å²) >= 11 is 3.58. The summed E-state index contributed by atoms with van der Waals surface area (Å²) < 4.78 is 12.0. The smallest absolute Gasteiger partial charge is 0.410 e. The quantitative estimate of drug-likeness (QED) is 0.696. The van der Waals surface area contributed by atoms with Gasteiger partial charge in [0, 0.05) is 17.6 Å². The molecule has 4 rings (SSSR count). The van der Waals surface area contributed by atoms with Crippen molar-refractivity contribution in [3.05, 3.63) is 16.6 Å². The molecule has 0 aliphatic carbocycles. The topological polar surface area (TPSA) is 95.5 Å². The summed E-state index contributed by atoms with van der Waals surface area (Å²) in [5, 5.41) is 7.56. The highest BCUT2D eigenvalue weighted by Crippen LogP contribution is 2.41. The molecule has 3 aliphatic rings. The van der Waals surface area contributed by atoms with Crippen LogP contribution < -0.4 is 20.4 Å². The number of hydrazone groups is 1. The van der Waals surface area contributed by atoms with Crippen molar-refractivity contribution in [2.24, 2.45) is 5.10 Å². The second kappa shape index (κ2) is 7.08. The van der Waals surface area contributed by atoms with E-state index in [2.05, 4.69) is 31.8 Å². The Kier molecular flexibility index (Phi) is 4.84. The van der Waals surface area contributed by atoms with Gasteiger partial charge in [-0.3, -0.25) is 4.79 Å². The Bertz CT molecular complexity index is 891. The number of carbonyl (C=O) groups excluding carboxylic acids is 2. The fourth-order valence-electron chi connectivity index (χ4n) is 3.42. The van der Waals surface area contributed by atoms with E-state index in [0.29, 0.717) is 31.3 Å². The maximum atomic E-state index is 12.1. The molecule has 0 bridgehead atoms. The molecule has 1 fully saturated rings. The molecular weight excluding hydrogens is 442 g/mol. The third-order valence-corrected chi connectivity index (χ3v) is 5.55. The van der Waals surface area contributed by atoms with Gasteiger partial charge in [-0.2, -0.15) is 5.10 Å². The van der Waals surface area contributed by atoms with Crippen LogP contribution in [0.3, 0.4) is 0 Å². The van der Waals surface area contributed by atoms with Crippen molar-refractivity contribution in [1.82, 2.24) is 10.3 Å². The van der Waals surface area contributed by atoms with Gasteiger partial charge in [-0.1, -0.05) is 0 Å². The van der Waals surface area contributed by atoms with Crippen LogP contribution in [-0.2, 0) is 9.53 Å².